The third-order valence-corrected chi connectivity index (χ3v) is 3.97. The maximum atomic E-state index is 13.3. The number of H-pyrrole nitrogens is 1. The van der Waals surface area contributed by atoms with Gasteiger partial charge < -0.3 is 10.6 Å². The molecule has 2 unspecified atom stereocenters. The zero-order valence-corrected chi connectivity index (χ0v) is 11.7. The van der Waals surface area contributed by atoms with Crippen molar-refractivity contribution in [3.05, 3.63) is 29.8 Å². The Labute approximate surface area is 121 Å². The number of nitrogens with two attached hydrogens (primary N) is 1. The Hall–Kier alpha value is -2.02. The molecule has 1 aromatic heterocycles. The topological polar surface area (TPSA) is 70.8 Å². The number of anilines is 1. The number of rotatable bonds is 2. The summed E-state index contributed by atoms with van der Waals surface area (Å²) in [5, 5.41) is 6.94. The molecule has 112 valence electrons. The van der Waals surface area contributed by atoms with E-state index in [1.165, 1.54) is 6.07 Å². The second kappa shape index (κ2) is 5.40. The number of aromatic nitrogens is 3. The van der Waals surface area contributed by atoms with E-state index in [-0.39, 0.29) is 12.1 Å². The monoisotopic (exact) mass is 293 g/mol. The second-order valence-corrected chi connectivity index (χ2v) is 5.35. The van der Waals surface area contributed by atoms with Gasteiger partial charge in [-0.05, 0) is 38.0 Å². The highest BCUT2D eigenvalue weighted by Gasteiger charge is 2.27. The van der Waals surface area contributed by atoms with Crippen LogP contribution in [0.1, 0.15) is 19.8 Å². The van der Waals surface area contributed by atoms with Gasteiger partial charge in [-0.1, -0.05) is 0 Å². The molecule has 2 aromatic rings. The van der Waals surface area contributed by atoms with Crippen LogP contribution in [-0.2, 0) is 0 Å². The molecule has 7 heteroatoms. The number of piperidine rings is 1. The summed E-state index contributed by atoms with van der Waals surface area (Å²) in [5.74, 6) is -0.833. The predicted molar refractivity (Wildman–Crippen MR) is 75.8 cm³/mol. The number of nitrogens with one attached hydrogen (secondary N) is 1. The van der Waals surface area contributed by atoms with Crippen LogP contribution in [0.4, 0.5) is 14.7 Å². The molecule has 0 saturated carbocycles. The van der Waals surface area contributed by atoms with E-state index < -0.39 is 11.6 Å². The Morgan fingerprint density at radius 3 is 2.90 bits per heavy atom. The van der Waals surface area contributed by atoms with E-state index >= 15 is 0 Å². The SMILES string of the molecule is CC1C(N)CCCN1c1n[nH]c(-c2ccc(F)c(F)c2)n1. The lowest BCUT2D eigenvalue weighted by atomic mass is 9.99. The van der Waals surface area contributed by atoms with Crippen LogP contribution in [-0.4, -0.2) is 33.8 Å². The Morgan fingerprint density at radius 2 is 2.14 bits per heavy atom. The van der Waals surface area contributed by atoms with Crippen LogP contribution in [0, 0.1) is 11.6 Å². The summed E-state index contributed by atoms with van der Waals surface area (Å²) in [6.45, 7) is 2.88. The van der Waals surface area contributed by atoms with Gasteiger partial charge in [0.2, 0.25) is 5.95 Å². The molecule has 2 atom stereocenters. The molecule has 21 heavy (non-hydrogen) atoms. The van der Waals surface area contributed by atoms with Crippen molar-refractivity contribution in [2.24, 2.45) is 5.73 Å². The second-order valence-electron chi connectivity index (χ2n) is 5.35. The van der Waals surface area contributed by atoms with E-state index in [0.29, 0.717) is 17.3 Å². The van der Waals surface area contributed by atoms with Gasteiger partial charge in [0, 0.05) is 24.2 Å². The minimum atomic E-state index is -0.904. The van der Waals surface area contributed by atoms with Crippen LogP contribution in [0.2, 0.25) is 0 Å². The van der Waals surface area contributed by atoms with E-state index in [2.05, 4.69) is 15.2 Å². The van der Waals surface area contributed by atoms with Gasteiger partial charge in [0.15, 0.2) is 17.5 Å². The first-order chi connectivity index (χ1) is 10.1. The van der Waals surface area contributed by atoms with Gasteiger partial charge >= 0.3 is 0 Å². The molecule has 2 heterocycles. The molecule has 0 aliphatic carbocycles. The van der Waals surface area contributed by atoms with Crippen LogP contribution < -0.4 is 10.6 Å². The van der Waals surface area contributed by atoms with Crippen molar-refractivity contribution < 1.29 is 8.78 Å². The molecular formula is C14H17F2N5. The van der Waals surface area contributed by atoms with E-state index in [0.717, 1.165) is 31.5 Å². The Morgan fingerprint density at radius 1 is 1.33 bits per heavy atom. The fourth-order valence-electron chi connectivity index (χ4n) is 2.61. The Balaban J connectivity index is 1.87. The van der Waals surface area contributed by atoms with Gasteiger partial charge in [-0.3, -0.25) is 5.10 Å². The quantitative estimate of drug-likeness (QED) is 0.889. The number of nitrogens with zero attached hydrogens (tertiary/aromatic N) is 3. The van der Waals surface area contributed by atoms with Crippen LogP contribution in [0.3, 0.4) is 0 Å². The maximum Gasteiger partial charge on any atom is 0.245 e. The molecule has 1 aliphatic heterocycles. The molecule has 0 bridgehead atoms. The summed E-state index contributed by atoms with van der Waals surface area (Å²) in [4.78, 5) is 6.41. The summed E-state index contributed by atoms with van der Waals surface area (Å²) in [6, 6.07) is 3.88. The van der Waals surface area contributed by atoms with Gasteiger partial charge in [-0.25, -0.2) is 8.78 Å². The number of hydrogen-bond acceptors (Lipinski definition) is 4. The number of benzene rings is 1. The lowest BCUT2D eigenvalue weighted by Crippen LogP contribution is -2.50. The molecule has 3 N–H and O–H groups in total. The fraction of sp³-hybridized carbons (Fsp3) is 0.429. The van der Waals surface area contributed by atoms with Gasteiger partial charge in [-0.15, -0.1) is 5.10 Å². The molecule has 1 aliphatic rings. The number of hydrogen-bond donors (Lipinski definition) is 2. The van der Waals surface area contributed by atoms with Crippen LogP contribution >= 0.6 is 0 Å². The van der Waals surface area contributed by atoms with Crippen molar-refractivity contribution in [1.29, 1.82) is 0 Å². The van der Waals surface area contributed by atoms with Crippen molar-refractivity contribution in [3.8, 4) is 11.4 Å². The number of aromatic amines is 1. The van der Waals surface area contributed by atoms with Crippen molar-refractivity contribution in [2.45, 2.75) is 31.8 Å². The molecule has 1 saturated heterocycles. The standard InChI is InChI=1S/C14H17F2N5/c1-8-12(17)3-2-6-21(8)14-18-13(19-20-14)9-4-5-10(15)11(16)7-9/h4-5,7-8,12H,2-3,6,17H2,1H3,(H,18,19,20). The highest BCUT2D eigenvalue weighted by Crippen LogP contribution is 2.24. The smallest absolute Gasteiger partial charge is 0.245 e. The number of halogens is 2. The van der Waals surface area contributed by atoms with E-state index in [9.17, 15) is 8.78 Å². The summed E-state index contributed by atoms with van der Waals surface area (Å²) >= 11 is 0. The van der Waals surface area contributed by atoms with Crippen molar-refractivity contribution in [1.82, 2.24) is 15.2 Å². The van der Waals surface area contributed by atoms with Gasteiger partial charge in [-0.2, -0.15) is 4.98 Å². The van der Waals surface area contributed by atoms with Crippen molar-refractivity contribution in [2.75, 3.05) is 11.4 Å². The van der Waals surface area contributed by atoms with Gasteiger partial charge in [0.25, 0.3) is 0 Å². The van der Waals surface area contributed by atoms with Crippen LogP contribution in [0.5, 0.6) is 0 Å². The van der Waals surface area contributed by atoms with Gasteiger partial charge in [0.1, 0.15) is 0 Å². The Bertz CT molecular complexity index is 642. The summed E-state index contributed by atoms with van der Waals surface area (Å²) in [6.07, 6.45) is 1.97. The van der Waals surface area contributed by atoms with E-state index in [1.807, 2.05) is 11.8 Å². The largest absolute Gasteiger partial charge is 0.335 e. The van der Waals surface area contributed by atoms with E-state index in [4.69, 9.17) is 5.73 Å². The molecule has 1 aromatic carbocycles. The maximum absolute atomic E-state index is 13.3. The highest BCUT2D eigenvalue weighted by atomic mass is 19.2. The van der Waals surface area contributed by atoms with Crippen molar-refractivity contribution >= 4 is 5.95 Å². The molecule has 3 rings (SSSR count). The minimum absolute atomic E-state index is 0.0870. The third-order valence-electron chi connectivity index (χ3n) is 3.97. The minimum Gasteiger partial charge on any atom is -0.335 e. The summed E-state index contributed by atoms with van der Waals surface area (Å²) < 4.78 is 26.2. The predicted octanol–water partition coefficient (Wildman–Crippen LogP) is 2.07. The first-order valence-electron chi connectivity index (χ1n) is 6.96. The average molecular weight is 293 g/mol. The Kier molecular flexibility index (Phi) is 3.59. The molecule has 0 radical (unpaired) electrons. The average Bonchev–Trinajstić information content (AvgIpc) is 2.94. The first-order valence-corrected chi connectivity index (χ1v) is 6.96. The zero-order valence-electron chi connectivity index (χ0n) is 11.7. The first kappa shape index (κ1) is 13.9. The molecular weight excluding hydrogens is 276 g/mol. The summed E-state index contributed by atoms with van der Waals surface area (Å²) in [5.41, 5.74) is 6.52. The molecule has 0 amide bonds. The lowest BCUT2D eigenvalue weighted by Gasteiger charge is -2.36. The van der Waals surface area contributed by atoms with E-state index in [1.54, 1.807) is 0 Å². The molecule has 1 fully saturated rings. The van der Waals surface area contributed by atoms with Crippen LogP contribution in [0.25, 0.3) is 11.4 Å². The molecule has 0 spiro atoms. The normalized spacial score (nSPS) is 22.6. The van der Waals surface area contributed by atoms with Crippen LogP contribution in [0.15, 0.2) is 18.2 Å². The highest BCUT2D eigenvalue weighted by molar-refractivity contribution is 5.56. The zero-order chi connectivity index (χ0) is 15.0. The molecule has 5 nitrogen and oxygen atoms in total. The fourth-order valence-corrected chi connectivity index (χ4v) is 2.61. The van der Waals surface area contributed by atoms with Crippen molar-refractivity contribution in [3.63, 3.8) is 0 Å². The lowest BCUT2D eigenvalue weighted by molar-refractivity contribution is 0.416. The third kappa shape index (κ3) is 2.61. The van der Waals surface area contributed by atoms with Gasteiger partial charge in [0.05, 0.1) is 0 Å². The summed E-state index contributed by atoms with van der Waals surface area (Å²) in [7, 11) is 0.